The lowest BCUT2D eigenvalue weighted by Gasteiger charge is -2.42. The largest absolute Gasteiger partial charge is 0.497 e. The number of aromatic nitrogens is 8. The first kappa shape index (κ1) is 79.1. The highest BCUT2D eigenvalue weighted by Crippen LogP contribution is 2.52. The predicted octanol–water partition coefficient (Wildman–Crippen LogP) is 9.78. The molecule has 5 aromatic rings. The van der Waals surface area contributed by atoms with E-state index in [4.69, 9.17) is 58.2 Å². The van der Waals surface area contributed by atoms with Crippen molar-refractivity contribution in [2.24, 2.45) is 0 Å². The molecule has 0 unspecified atom stereocenters. The van der Waals surface area contributed by atoms with E-state index in [1.165, 1.54) is 12.1 Å². The lowest BCUT2D eigenvalue weighted by molar-refractivity contribution is -0.137. The van der Waals surface area contributed by atoms with Crippen LogP contribution in [0.1, 0.15) is 157 Å². The van der Waals surface area contributed by atoms with Crippen molar-refractivity contribution in [3.63, 3.8) is 0 Å². The number of nitrogens with zero attached hydrogens (tertiary/aromatic N) is 11. The van der Waals surface area contributed by atoms with Crippen molar-refractivity contribution >= 4 is 94.8 Å². The summed E-state index contributed by atoms with van der Waals surface area (Å²) in [4.78, 5) is 40.1. The number of hydrogen-bond acceptors (Lipinski definition) is 24. The number of halogens is 8. The summed E-state index contributed by atoms with van der Waals surface area (Å²) in [6.45, 7) is 27.9. The molecule has 3 atom stereocenters. The van der Waals surface area contributed by atoms with Crippen LogP contribution in [0.15, 0.2) is 42.7 Å². The lowest BCUT2D eigenvalue weighted by atomic mass is 9.77. The van der Waals surface area contributed by atoms with Gasteiger partial charge in [0.2, 0.25) is 17.8 Å². The van der Waals surface area contributed by atoms with Gasteiger partial charge in [-0.15, -0.1) is 0 Å². The van der Waals surface area contributed by atoms with Gasteiger partial charge in [0.25, 0.3) is 0 Å². The van der Waals surface area contributed by atoms with Crippen molar-refractivity contribution in [1.82, 2.24) is 39.9 Å². The average Bonchev–Trinajstić information content (AvgIpc) is 1.40. The van der Waals surface area contributed by atoms with E-state index in [1.54, 1.807) is 75.3 Å². The summed E-state index contributed by atoms with van der Waals surface area (Å²) >= 11 is 12.3. The highest BCUT2D eigenvalue weighted by molar-refractivity contribution is 7.93. The number of rotatable bonds is 14. The summed E-state index contributed by atoms with van der Waals surface area (Å²) in [6.07, 6.45) is -3.69. The van der Waals surface area contributed by atoms with Gasteiger partial charge in [-0.05, 0) is 159 Å². The van der Waals surface area contributed by atoms with E-state index in [1.807, 2.05) is 35.5 Å². The van der Waals surface area contributed by atoms with E-state index in [0.717, 1.165) is 30.9 Å². The van der Waals surface area contributed by atoms with E-state index in [2.05, 4.69) is 39.9 Å². The fourth-order valence-electron chi connectivity index (χ4n) is 11.9. The Hall–Kier alpha value is -5.59. The first-order chi connectivity index (χ1) is 45.9. The molecule has 2 saturated carbocycles. The topological polar surface area (TPSA) is 313 Å². The molecule has 11 rings (SSSR count). The molecule has 9 heterocycles. The number of anilines is 5. The first-order valence-corrected chi connectivity index (χ1v) is 38.2. The van der Waals surface area contributed by atoms with Crippen molar-refractivity contribution in [3.05, 3.63) is 81.2 Å². The third kappa shape index (κ3) is 17.2. The maximum Gasteiger partial charge on any atom is 0.497 e. The summed E-state index contributed by atoms with van der Waals surface area (Å²) in [7, 11) is -11.3. The number of nitrogen functional groups attached to an aromatic ring is 2. The number of hydrogen-bond donors (Lipinski definition) is 2. The van der Waals surface area contributed by atoms with Crippen LogP contribution in [0.2, 0.25) is 10.3 Å². The van der Waals surface area contributed by atoms with Gasteiger partial charge in [0.1, 0.15) is 31.4 Å². The van der Waals surface area contributed by atoms with Crippen LogP contribution in [-0.2, 0) is 80.6 Å². The average molecular weight is 1500 g/mol. The second-order valence-corrected chi connectivity index (χ2v) is 36.3. The number of alkyl halides is 6. The van der Waals surface area contributed by atoms with Crippen molar-refractivity contribution in [2.45, 2.75) is 201 Å². The van der Waals surface area contributed by atoms with Gasteiger partial charge >= 0.3 is 19.5 Å². The molecule has 2 aliphatic carbocycles. The second kappa shape index (κ2) is 30.4. The standard InChI is InChI=1S/C22H28F3N5O3S.C16H24ClN3O3S.C13H20ClN3O3S.C12H16BF3N2O2/c1-13(2)34(31,32)21(5-4-6-21)18-10-17(15-11-27-19(26)9-16(15)22(23,24)25)28-20(29-18)30-7-8-33-12-14(30)3;1-11(2)24(21,22)16(5-4-6-16)13-9-14(17)19-15(18-13)20-7-8-23-10-12(20)3;1-9(2)21(18,19)8-11-6-12(14)16-13(15-11)17-4-5-20-7-10(17)3;1-10(2)11(3,4)20-13(19-10)8-6-18-9(17)5-7(8)12(14,15)16/h9-11,13-14H,4-8,12H2,1-3H3,(H2,26,27);9,11-12H,4-8,10H2,1-3H3;6,9-10H,4-5,7-8H2,1-3H3;5-6H,1-4H3,(H2,17,18)/t14-;12-;10-;/m000./s1. The molecule has 0 spiro atoms. The second-order valence-electron chi connectivity index (χ2n) is 27.3. The predicted molar refractivity (Wildman–Crippen MR) is 368 cm³/mol. The molecule has 0 radical (unpaired) electrons. The Morgan fingerprint density at radius 3 is 1.34 bits per heavy atom. The van der Waals surface area contributed by atoms with Gasteiger partial charge in [-0.3, -0.25) is 0 Å². The molecular weight excluding hydrogens is 1410 g/mol. The Morgan fingerprint density at radius 1 is 0.556 bits per heavy atom. The molecule has 548 valence electrons. The molecule has 0 amide bonds. The summed E-state index contributed by atoms with van der Waals surface area (Å²) < 4.78 is 183. The highest BCUT2D eigenvalue weighted by Gasteiger charge is 2.56. The van der Waals surface area contributed by atoms with Gasteiger partial charge in [0.05, 0.1) is 124 Å². The molecule has 5 aromatic heterocycles. The molecular formula is C63H88BCl2F6N13O11S3. The van der Waals surface area contributed by atoms with Crippen LogP contribution < -0.4 is 31.6 Å². The quantitative estimate of drug-likeness (QED) is 0.0593. The minimum absolute atomic E-state index is 0.0382. The van der Waals surface area contributed by atoms with Crippen molar-refractivity contribution in [2.75, 3.05) is 85.4 Å². The maximum atomic E-state index is 13.9. The Balaban J connectivity index is 0.000000172. The zero-order valence-corrected chi connectivity index (χ0v) is 61.7. The molecule has 6 aliphatic rings. The van der Waals surface area contributed by atoms with Crippen molar-refractivity contribution < 1.29 is 75.1 Å². The van der Waals surface area contributed by atoms with Gasteiger partial charge in [-0.2, -0.15) is 26.3 Å². The smallest absolute Gasteiger partial charge is 0.399 e. The van der Waals surface area contributed by atoms with Crippen molar-refractivity contribution in [3.8, 4) is 11.3 Å². The number of morpholine rings is 3. The molecule has 0 bridgehead atoms. The lowest BCUT2D eigenvalue weighted by Crippen LogP contribution is -2.48. The SMILES string of the molecule is CC(C)S(=O)(=O)C1(c2cc(-c3cnc(N)cc3C(F)(F)F)nc(N3CCOC[C@@H]3C)n2)CCC1.CC(C)S(=O)(=O)C1(c2cc(Cl)nc(N3CCOC[C@@H]3C)n2)CCC1.CC(C)S(=O)(=O)Cc1cc(Cl)nc(N2CCOC[C@@H]2C)n1.CC1(C)OB(c2cnc(N)cc2C(F)(F)F)OC1(C)C. The van der Waals surface area contributed by atoms with Crippen LogP contribution in [0.4, 0.5) is 55.8 Å². The number of sulfone groups is 3. The Bertz CT molecular complexity index is 4030. The number of ether oxygens (including phenoxy) is 3. The van der Waals surface area contributed by atoms with E-state index in [-0.39, 0.29) is 69.0 Å². The maximum absolute atomic E-state index is 13.9. The third-order valence-electron chi connectivity index (χ3n) is 18.9. The van der Waals surface area contributed by atoms with E-state index < -0.39 is 96.6 Å². The van der Waals surface area contributed by atoms with Crippen LogP contribution in [-0.4, -0.2) is 177 Å². The molecule has 6 fully saturated rings. The van der Waals surface area contributed by atoms with Crippen LogP contribution in [0.5, 0.6) is 0 Å². The monoisotopic (exact) mass is 1490 g/mol. The first-order valence-electron chi connectivity index (χ1n) is 32.6. The van der Waals surface area contributed by atoms with Crippen LogP contribution >= 0.6 is 23.2 Å². The molecule has 99 heavy (non-hydrogen) atoms. The molecule has 4 saturated heterocycles. The fourth-order valence-corrected chi connectivity index (χ4v) is 17.5. The number of nitrogens with two attached hydrogens (primary N) is 2. The number of pyridine rings is 2. The summed E-state index contributed by atoms with van der Waals surface area (Å²) in [5, 5.41) is -1.01. The van der Waals surface area contributed by atoms with Crippen LogP contribution in [0.25, 0.3) is 11.3 Å². The Morgan fingerprint density at radius 2 is 0.949 bits per heavy atom. The zero-order valence-electron chi connectivity index (χ0n) is 57.7. The summed E-state index contributed by atoms with van der Waals surface area (Å²) in [5.74, 6) is 0.547. The molecule has 4 N–H and O–H groups in total. The van der Waals surface area contributed by atoms with Gasteiger partial charge < -0.3 is 49.7 Å². The van der Waals surface area contributed by atoms with E-state index in [0.29, 0.717) is 120 Å². The van der Waals surface area contributed by atoms with Gasteiger partial charge in [0.15, 0.2) is 29.5 Å². The van der Waals surface area contributed by atoms with Gasteiger partial charge in [-0.25, -0.2) is 65.1 Å². The minimum atomic E-state index is -4.71. The molecule has 24 nitrogen and oxygen atoms in total. The van der Waals surface area contributed by atoms with Crippen LogP contribution in [0.3, 0.4) is 0 Å². The molecule has 36 heteroatoms. The van der Waals surface area contributed by atoms with Crippen LogP contribution in [0, 0.1) is 0 Å². The van der Waals surface area contributed by atoms with Gasteiger partial charge in [0, 0.05) is 43.1 Å². The van der Waals surface area contributed by atoms with Crippen molar-refractivity contribution in [1.29, 1.82) is 0 Å². The molecule has 4 aliphatic heterocycles. The van der Waals surface area contributed by atoms with Gasteiger partial charge in [-0.1, -0.05) is 23.2 Å². The third-order valence-corrected chi connectivity index (χ3v) is 27.4. The summed E-state index contributed by atoms with van der Waals surface area (Å²) in [5.41, 5.74) is 8.28. The normalized spacial score (nSPS) is 21.6. The highest BCUT2D eigenvalue weighted by atomic mass is 35.5. The van der Waals surface area contributed by atoms with E-state index >= 15 is 0 Å². The molecule has 0 aromatic carbocycles. The zero-order chi connectivity index (χ0) is 73.4. The van der Waals surface area contributed by atoms with E-state index in [9.17, 15) is 51.6 Å². The Kier molecular flexibility index (Phi) is 24.3. The summed E-state index contributed by atoms with van der Waals surface area (Å²) in [6, 6.07) is 6.18. The fraction of sp³-hybridized carbons (Fsp3) is 0.651. The minimum Gasteiger partial charge on any atom is -0.399 e. The Labute approximate surface area is 585 Å².